The molecule has 8 nitrogen and oxygen atoms in total. The number of nitrogens with zero attached hydrogens (tertiary/aromatic N) is 3. The van der Waals surface area contributed by atoms with Crippen molar-refractivity contribution in [3.63, 3.8) is 0 Å². The quantitative estimate of drug-likeness (QED) is 0.763. The standard InChI is InChI=1S/C17H24N4O4/c1-4-6-7-21-14-13(15(22)19-17(21)24)20(5-2)12(18-14)9-25-16(23)11-8-10(11)3/h10-11H,4-9H2,1-3H3,(H,19,22,24)/t10-,11+/m1/s1. The third-order valence-corrected chi connectivity index (χ3v) is 4.77. The molecule has 2 atom stereocenters. The molecule has 1 aliphatic rings. The van der Waals surface area contributed by atoms with Crippen LogP contribution < -0.4 is 11.2 Å². The van der Waals surface area contributed by atoms with Crippen LogP contribution in [0.1, 0.15) is 45.9 Å². The number of esters is 1. The average molecular weight is 348 g/mol. The normalized spacial score (nSPS) is 19.3. The summed E-state index contributed by atoms with van der Waals surface area (Å²) in [6.07, 6.45) is 2.59. The van der Waals surface area contributed by atoms with Crippen LogP contribution in [0.25, 0.3) is 11.2 Å². The lowest BCUT2D eigenvalue weighted by atomic mass is 10.3. The molecular formula is C17H24N4O4. The Morgan fingerprint density at radius 3 is 2.64 bits per heavy atom. The fourth-order valence-corrected chi connectivity index (χ4v) is 3.09. The highest BCUT2D eigenvalue weighted by atomic mass is 16.5. The van der Waals surface area contributed by atoms with Gasteiger partial charge in [-0.05, 0) is 25.7 Å². The maximum atomic E-state index is 12.3. The second kappa shape index (κ2) is 6.85. The first kappa shape index (κ1) is 17.4. The Labute approximate surface area is 144 Å². The lowest BCUT2D eigenvalue weighted by Crippen LogP contribution is -2.31. The van der Waals surface area contributed by atoms with E-state index in [-0.39, 0.29) is 18.5 Å². The number of ether oxygens (including phenoxy) is 1. The topological polar surface area (TPSA) is 99.0 Å². The van der Waals surface area contributed by atoms with Gasteiger partial charge in [0.25, 0.3) is 5.56 Å². The van der Waals surface area contributed by atoms with Crippen molar-refractivity contribution < 1.29 is 9.53 Å². The first-order valence-electron chi connectivity index (χ1n) is 8.86. The van der Waals surface area contributed by atoms with E-state index in [0.29, 0.717) is 36.0 Å². The Bertz CT molecular complexity index is 908. The van der Waals surface area contributed by atoms with Gasteiger partial charge < -0.3 is 9.30 Å². The minimum atomic E-state index is -0.463. The molecule has 0 saturated heterocycles. The van der Waals surface area contributed by atoms with Crippen LogP contribution in [0.2, 0.25) is 0 Å². The van der Waals surface area contributed by atoms with Gasteiger partial charge in [0.15, 0.2) is 11.2 Å². The zero-order chi connectivity index (χ0) is 18.1. The Morgan fingerprint density at radius 2 is 2.04 bits per heavy atom. The molecule has 8 heteroatoms. The first-order chi connectivity index (χ1) is 12.0. The van der Waals surface area contributed by atoms with E-state index in [0.717, 1.165) is 19.3 Å². The molecule has 1 aliphatic carbocycles. The van der Waals surface area contributed by atoms with Crippen molar-refractivity contribution in [2.45, 2.75) is 59.7 Å². The van der Waals surface area contributed by atoms with Gasteiger partial charge in [-0.1, -0.05) is 20.3 Å². The summed E-state index contributed by atoms with van der Waals surface area (Å²) in [5, 5.41) is 0. The number of aromatic nitrogens is 4. The number of rotatable bonds is 7. The number of hydrogen-bond donors (Lipinski definition) is 1. The Balaban J connectivity index is 1.98. The molecular weight excluding hydrogens is 324 g/mol. The lowest BCUT2D eigenvalue weighted by Gasteiger charge is -2.07. The highest BCUT2D eigenvalue weighted by molar-refractivity contribution is 5.75. The molecule has 0 unspecified atom stereocenters. The van der Waals surface area contributed by atoms with Gasteiger partial charge in [-0.15, -0.1) is 0 Å². The summed E-state index contributed by atoms with van der Waals surface area (Å²) in [7, 11) is 0. The molecule has 0 radical (unpaired) electrons. The van der Waals surface area contributed by atoms with Gasteiger partial charge in [-0.3, -0.25) is 19.1 Å². The summed E-state index contributed by atoms with van der Waals surface area (Å²) in [6, 6.07) is 0. The van der Waals surface area contributed by atoms with Crippen LogP contribution in [0.5, 0.6) is 0 Å². The van der Waals surface area contributed by atoms with Gasteiger partial charge >= 0.3 is 11.7 Å². The van der Waals surface area contributed by atoms with Crippen molar-refractivity contribution in [2.24, 2.45) is 11.8 Å². The molecule has 1 saturated carbocycles. The molecule has 0 aliphatic heterocycles. The van der Waals surface area contributed by atoms with Crippen molar-refractivity contribution in [1.29, 1.82) is 0 Å². The predicted octanol–water partition coefficient (Wildman–Crippen LogP) is 1.41. The van der Waals surface area contributed by atoms with Crippen LogP contribution in [0, 0.1) is 11.8 Å². The average Bonchev–Trinajstić information content (AvgIpc) is 3.19. The van der Waals surface area contributed by atoms with E-state index in [1.807, 2.05) is 20.8 Å². The molecule has 0 amide bonds. The molecule has 0 spiro atoms. The number of unbranched alkanes of at least 4 members (excludes halogenated alkanes) is 1. The third-order valence-electron chi connectivity index (χ3n) is 4.77. The molecule has 2 aromatic rings. The van der Waals surface area contributed by atoms with Gasteiger partial charge in [-0.25, -0.2) is 9.78 Å². The summed E-state index contributed by atoms with van der Waals surface area (Å²) >= 11 is 0. The van der Waals surface area contributed by atoms with Crippen LogP contribution >= 0.6 is 0 Å². The summed E-state index contributed by atoms with van der Waals surface area (Å²) in [4.78, 5) is 43.2. The van der Waals surface area contributed by atoms with Gasteiger partial charge in [0.1, 0.15) is 12.4 Å². The highest BCUT2D eigenvalue weighted by Crippen LogP contribution is 2.38. The zero-order valence-electron chi connectivity index (χ0n) is 14.9. The van der Waals surface area contributed by atoms with E-state index in [4.69, 9.17) is 4.74 Å². The Morgan fingerprint density at radius 1 is 1.32 bits per heavy atom. The number of H-pyrrole nitrogens is 1. The number of aromatic amines is 1. The fraction of sp³-hybridized carbons (Fsp3) is 0.647. The second-order valence-electron chi connectivity index (χ2n) is 6.64. The fourth-order valence-electron chi connectivity index (χ4n) is 3.09. The van der Waals surface area contributed by atoms with E-state index in [1.54, 1.807) is 4.57 Å². The van der Waals surface area contributed by atoms with Crippen LogP contribution in [0.4, 0.5) is 0 Å². The van der Waals surface area contributed by atoms with E-state index < -0.39 is 11.2 Å². The predicted molar refractivity (Wildman–Crippen MR) is 92.3 cm³/mol. The third kappa shape index (κ3) is 3.25. The number of nitrogens with one attached hydrogen (secondary N) is 1. The second-order valence-corrected chi connectivity index (χ2v) is 6.64. The molecule has 0 bridgehead atoms. The number of fused-ring (bicyclic) bond motifs is 1. The summed E-state index contributed by atoms with van der Waals surface area (Å²) in [5.41, 5.74) is -0.212. The number of aryl methyl sites for hydroxylation is 2. The van der Waals surface area contributed by atoms with Crippen LogP contribution in [0.3, 0.4) is 0 Å². The number of hydrogen-bond acceptors (Lipinski definition) is 5. The van der Waals surface area contributed by atoms with E-state index in [2.05, 4.69) is 9.97 Å². The monoisotopic (exact) mass is 348 g/mol. The Kier molecular flexibility index (Phi) is 4.78. The van der Waals surface area contributed by atoms with Crippen molar-refractivity contribution in [3.05, 3.63) is 26.7 Å². The van der Waals surface area contributed by atoms with Gasteiger partial charge in [0.2, 0.25) is 0 Å². The molecule has 25 heavy (non-hydrogen) atoms. The highest BCUT2D eigenvalue weighted by Gasteiger charge is 2.40. The van der Waals surface area contributed by atoms with Gasteiger partial charge in [-0.2, -0.15) is 0 Å². The molecule has 3 rings (SSSR count). The zero-order valence-corrected chi connectivity index (χ0v) is 14.9. The molecule has 2 heterocycles. The van der Waals surface area contributed by atoms with E-state index >= 15 is 0 Å². The smallest absolute Gasteiger partial charge is 0.330 e. The largest absolute Gasteiger partial charge is 0.457 e. The van der Waals surface area contributed by atoms with Crippen LogP contribution in [-0.2, 0) is 29.2 Å². The number of imidazole rings is 1. The molecule has 1 fully saturated rings. The van der Waals surface area contributed by atoms with Crippen molar-refractivity contribution in [1.82, 2.24) is 19.1 Å². The summed E-state index contributed by atoms with van der Waals surface area (Å²) in [5.74, 6) is 0.616. The number of carbonyl (C=O) groups is 1. The SMILES string of the molecule is CCCCn1c(=O)[nH]c(=O)c2c1nc(COC(=O)[C@H]1C[C@H]1C)n2CC. The number of carbonyl (C=O) groups excluding carboxylic acids is 1. The Hall–Kier alpha value is -2.38. The maximum absolute atomic E-state index is 12.3. The minimum Gasteiger partial charge on any atom is -0.457 e. The molecule has 136 valence electrons. The van der Waals surface area contributed by atoms with E-state index in [9.17, 15) is 14.4 Å². The molecule has 0 aromatic carbocycles. The van der Waals surface area contributed by atoms with Gasteiger partial charge in [0.05, 0.1) is 5.92 Å². The lowest BCUT2D eigenvalue weighted by molar-refractivity contribution is -0.147. The maximum Gasteiger partial charge on any atom is 0.330 e. The minimum absolute atomic E-state index is 0.00593. The molecule has 2 aromatic heterocycles. The van der Waals surface area contributed by atoms with Crippen molar-refractivity contribution >= 4 is 17.1 Å². The van der Waals surface area contributed by atoms with Crippen molar-refractivity contribution in [2.75, 3.05) is 0 Å². The summed E-state index contributed by atoms with van der Waals surface area (Å²) < 4.78 is 8.56. The van der Waals surface area contributed by atoms with Crippen molar-refractivity contribution in [3.8, 4) is 0 Å². The first-order valence-corrected chi connectivity index (χ1v) is 8.86. The van der Waals surface area contributed by atoms with Crippen LogP contribution in [0.15, 0.2) is 9.59 Å². The van der Waals surface area contributed by atoms with Crippen LogP contribution in [-0.4, -0.2) is 25.1 Å². The van der Waals surface area contributed by atoms with Gasteiger partial charge in [0, 0.05) is 13.1 Å². The summed E-state index contributed by atoms with van der Waals surface area (Å²) in [6.45, 7) is 6.92. The molecule has 1 N–H and O–H groups in total. The van der Waals surface area contributed by atoms with E-state index in [1.165, 1.54) is 4.57 Å².